The molecule has 0 bridgehead atoms. The molecule has 0 rings (SSSR count). The second-order valence-corrected chi connectivity index (χ2v) is 1.67. The van der Waals surface area contributed by atoms with E-state index >= 15 is 0 Å². The van der Waals surface area contributed by atoms with E-state index in [1.54, 1.807) is 0 Å². The Kier molecular flexibility index (Phi) is 6.39. The van der Waals surface area contributed by atoms with Crippen molar-refractivity contribution in [3.8, 4) is 0 Å². The van der Waals surface area contributed by atoms with Crippen LogP contribution in [0.4, 0.5) is 0 Å². The van der Waals surface area contributed by atoms with Crippen LogP contribution in [0.15, 0.2) is 0 Å². The molecule has 8 heteroatoms. The number of rotatable bonds is 9. The Hall–Kier alpha value is -2.12. The summed E-state index contributed by atoms with van der Waals surface area (Å²) in [5.41, 5.74) is 0. The van der Waals surface area contributed by atoms with Crippen LogP contribution in [0.2, 0.25) is 0 Å². The van der Waals surface area contributed by atoms with Crippen LogP contribution in [0.3, 0.4) is 0 Å². The zero-order chi connectivity index (χ0) is 10.8. The average Bonchev–Trinajstić information content (AvgIpc) is 2.17. The monoisotopic (exact) mass is 206 g/mol. The molecule has 78 valence electrons. The maximum atomic E-state index is 9.90. The highest BCUT2D eigenvalue weighted by molar-refractivity contribution is 5.42. The zero-order valence-corrected chi connectivity index (χ0v) is 6.73. The predicted octanol–water partition coefficient (Wildman–Crippen LogP) is -1.67. The van der Waals surface area contributed by atoms with Crippen molar-refractivity contribution in [3.63, 3.8) is 0 Å². The summed E-state index contributed by atoms with van der Waals surface area (Å²) in [6, 6.07) is 0. The first kappa shape index (κ1) is 11.9. The SMILES string of the molecule is O=COC(OC=O)C(OC=O)OC=O. The molecular weight excluding hydrogens is 200 g/mol. The Morgan fingerprint density at radius 2 is 0.786 bits per heavy atom. The maximum absolute atomic E-state index is 9.90. The summed E-state index contributed by atoms with van der Waals surface area (Å²) in [6.07, 6.45) is -3.25. The van der Waals surface area contributed by atoms with Gasteiger partial charge < -0.3 is 18.9 Å². The minimum absolute atomic E-state index is 0.0660. The lowest BCUT2D eigenvalue weighted by Gasteiger charge is -2.19. The van der Waals surface area contributed by atoms with E-state index in [1.807, 2.05) is 0 Å². The molecule has 0 saturated carbocycles. The van der Waals surface area contributed by atoms with E-state index in [9.17, 15) is 19.2 Å². The lowest BCUT2D eigenvalue weighted by Crippen LogP contribution is -2.35. The summed E-state index contributed by atoms with van der Waals surface area (Å²) in [7, 11) is 0. The van der Waals surface area contributed by atoms with Gasteiger partial charge in [-0.25, -0.2) is 0 Å². The summed E-state index contributed by atoms with van der Waals surface area (Å²) in [5.74, 6) is 0. The molecule has 14 heavy (non-hydrogen) atoms. The van der Waals surface area contributed by atoms with Gasteiger partial charge in [0.1, 0.15) is 0 Å². The molecule has 0 atom stereocenters. The molecule has 0 aromatic heterocycles. The second-order valence-electron chi connectivity index (χ2n) is 1.67. The van der Waals surface area contributed by atoms with Crippen molar-refractivity contribution >= 4 is 25.9 Å². The molecule has 0 aliphatic heterocycles. The van der Waals surface area contributed by atoms with Crippen molar-refractivity contribution in [2.24, 2.45) is 0 Å². The minimum Gasteiger partial charge on any atom is -0.419 e. The van der Waals surface area contributed by atoms with E-state index in [0.717, 1.165) is 0 Å². The van der Waals surface area contributed by atoms with Crippen molar-refractivity contribution in [2.75, 3.05) is 0 Å². The summed E-state index contributed by atoms with van der Waals surface area (Å²) in [4.78, 5) is 39.6. The molecule has 0 spiro atoms. The van der Waals surface area contributed by atoms with Crippen LogP contribution in [0.5, 0.6) is 0 Å². The summed E-state index contributed by atoms with van der Waals surface area (Å²) in [6.45, 7) is -0.264. The number of carbonyl (C=O) groups is 4. The van der Waals surface area contributed by atoms with Gasteiger partial charge in [-0.05, 0) is 0 Å². The number of hydrogen-bond donors (Lipinski definition) is 0. The fourth-order valence-electron chi connectivity index (χ4n) is 0.540. The standard InChI is InChI=1S/C6H6O8/c7-1-11-5(12-2-8)6(13-3-9)14-4-10/h1-6H. The van der Waals surface area contributed by atoms with Gasteiger partial charge in [0, 0.05) is 0 Å². The van der Waals surface area contributed by atoms with Gasteiger partial charge in [-0.3, -0.25) is 19.2 Å². The minimum atomic E-state index is -1.62. The smallest absolute Gasteiger partial charge is 0.320 e. The molecule has 0 unspecified atom stereocenters. The Balaban J connectivity index is 4.32. The van der Waals surface area contributed by atoms with Crippen molar-refractivity contribution in [1.29, 1.82) is 0 Å². The number of carbonyl (C=O) groups excluding carboxylic acids is 4. The molecule has 0 aliphatic rings. The van der Waals surface area contributed by atoms with Crippen LogP contribution >= 0.6 is 0 Å². The Morgan fingerprint density at radius 3 is 0.929 bits per heavy atom. The molecule has 0 aliphatic carbocycles. The van der Waals surface area contributed by atoms with Crippen molar-refractivity contribution in [1.82, 2.24) is 0 Å². The molecule has 0 N–H and O–H groups in total. The molecular formula is C6H6O8. The molecule has 0 heterocycles. The van der Waals surface area contributed by atoms with Crippen molar-refractivity contribution in [2.45, 2.75) is 12.6 Å². The third kappa shape index (κ3) is 4.04. The number of ether oxygens (including phenoxy) is 4. The summed E-state index contributed by atoms with van der Waals surface area (Å²) >= 11 is 0. The Morgan fingerprint density at radius 1 is 0.571 bits per heavy atom. The van der Waals surface area contributed by atoms with Gasteiger partial charge in [0.15, 0.2) is 0 Å². The van der Waals surface area contributed by atoms with Crippen molar-refractivity contribution in [3.05, 3.63) is 0 Å². The second kappa shape index (κ2) is 7.53. The first-order chi connectivity index (χ1) is 6.79. The van der Waals surface area contributed by atoms with E-state index in [1.165, 1.54) is 0 Å². The van der Waals surface area contributed by atoms with E-state index in [2.05, 4.69) is 18.9 Å². The van der Waals surface area contributed by atoms with E-state index in [-0.39, 0.29) is 25.9 Å². The zero-order valence-electron chi connectivity index (χ0n) is 6.73. The topological polar surface area (TPSA) is 105 Å². The van der Waals surface area contributed by atoms with E-state index in [0.29, 0.717) is 0 Å². The van der Waals surface area contributed by atoms with Gasteiger partial charge in [0.25, 0.3) is 25.9 Å². The summed E-state index contributed by atoms with van der Waals surface area (Å²) < 4.78 is 16.6. The molecule has 0 saturated heterocycles. The maximum Gasteiger partial charge on any atom is 0.320 e. The van der Waals surface area contributed by atoms with Gasteiger partial charge in [-0.2, -0.15) is 0 Å². The fraction of sp³-hybridized carbons (Fsp3) is 0.333. The van der Waals surface area contributed by atoms with Gasteiger partial charge in [-0.1, -0.05) is 0 Å². The lowest BCUT2D eigenvalue weighted by molar-refractivity contribution is -0.242. The Labute approximate surface area is 77.7 Å². The van der Waals surface area contributed by atoms with Crippen LogP contribution in [0.25, 0.3) is 0 Å². The first-order valence-corrected chi connectivity index (χ1v) is 3.16. The normalized spacial score (nSPS) is 9.00. The third-order valence-corrected chi connectivity index (χ3v) is 0.981. The number of hydrogen-bond acceptors (Lipinski definition) is 8. The predicted molar refractivity (Wildman–Crippen MR) is 36.2 cm³/mol. The van der Waals surface area contributed by atoms with Crippen LogP contribution in [-0.2, 0) is 38.1 Å². The molecule has 0 amide bonds. The van der Waals surface area contributed by atoms with Crippen molar-refractivity contribution < 1.29 is 38.1 Å². The molecule has 8 nitrogen and oxygen atoms in total. The third-order valence-electron chi connectivity index (χ3n) is 0.981. The highest BCUT2D eigenvalue weighted by Gasteiger charge is 2.27. The Bertz CT molecular complexity index is 160. The van der Waals surface area contributed by atoms with Gasteiger partial charge in [0.05, 0.1) is 0 Å². The van der Waals surface area contributed by atoms with Crippen LogP contribution in [0.1, 0.15) is 0 Å². The van der Waals surface area contributed by atoms with Crippen LogP contribution < -0.4 is 0 Å². The van der Waals surface area contributed by atoms with Gasteiger partial charge in [0.2, 0.25) is 0 Å². The highest BCUT2D eigenvalue weighted by Crippen LogP contribution is 2.04. The summed E-state index contributed by atoms with van der Waals surface area (Å²) in [5, 5.41) is 0. The quantitative estimate of drug-likeness (QED) is 0.325. The average molecular weight is 206 g/mol. The molecule has 0 fully saturated rings. The van der Waals surface area contributed by atoms with Crippen LogP contribution in [0, 0.1) is 0 Å². The van der Waals surface area contributed by atoms with Gasteiger partial charge in [-0.15, -0.1) is 0 Å². The largest absolute Gasteiger partial charge is 0.419 e. The highest BCUT2D eigenvalue weighted by atomic mass is 16.8. The fourth-order valence-corrected chi connectivity index (χ4v) is 0.540. The molecule has 0 radical (unpaired) electrons. The first-order valence-electron chi connectivity index (χ1n) is 3.16. The van der Waals surface area contributed by atoms with Gasteiger partial charge >= 0.3 is 12.6 Å². The lowest BCUT2D eigenvalue weighted by atomic mass is 10.6. The van der Waals surface area contributed by atoms with Crippen LogP contribution in [-0.4, -0.2) is 38.5 Å². The van der Waals surface area contributed by atoms with E-state index < -0.39 is 12.6 Å². The molecule has 0 aromatic carbocycles. The van der Waals surface area contributed by atoms with E-state index in [4.69, 9.17) is 0 Å². The molecule has 0 aromatic rings.